The van der Waals surface area contributed by atoms with Crippen LogP contribution in [0.2, 0.25) is 5.02 Å². The molecule has 1 aliphatic rings. The largest absolute Gasteiger partial charge is 0.473 e. The van der Waals surface area contributed by atoms with E-state index in [1.807, 2.05) is 37.3 Å². The molecule has 33 heavy (non-hydrogen) atoms. The number of Topliss-reactive ketones (excluding diaryl/α,β-unsaturated/α-hetero) is 1. The Morgan fingerprint density at radius 3 is 2.70 bits per heavy atom. The lowest BCUT2D eigenvalue weighted by Gasteiger charge is -2.24. The van der Waals surface area contributed by atoms with Crippen LogP contribution in [0.4, 0.5) is 5.69 Å². The van der Waals surface area contributed by atoms with Crippen LogP contribution in [0.1, 0.15) is 24.0 Å². The number of carbonyl (C=O) groups is 1. The zero-order valence-corrected chi connectivity index (χ0v) is 19.5. The van der Waals surface area contributed by atoms with Gasteiger partial charge >= 0.3 is 0 Å². The highest BCUT2D eigenvalue weighted by Gasteiger charge is 2.33. The van der Waals surface area contributed by atoms with Gasteiger partial charge in [0.25, 0.3) is 10.0 Å². The van der Waals surface area contributed by atoms with E-state index in [4.69, 9.17) is 16.3 Å². The Morgan fingerprint density at radius 2 is 1.97 bits per heavy atom. The fourth-order valence-electron chi connectivity index (χ4n) is 3.65. The second-order valence-corrected chi connectivity index (χ2v) is 10.2. The molecule has 2 heterocycles. The van der Waals surface area contributed by atoms with E-state index in [-0.39, 0.29) is 52.8 Å². The molecule has 1 aliphatic heterocycles. The second-order valence-electron chi connectivity index (χ2n) is 7.90. The summed E-state index contributed by atoms with van der Waals surface area (Å²) in [6.07, 6.45) is 0.511. The lowest BCUT2D eigenvalue weighted by molar-refractivity contribution is -0.119. The molecule has 9 heteroatoms. The van der Waals surface area contributed by atoms with Crippen LogP contribution in [0.15, 0.2) is 71.8 Å². The summed E-state index contributed by atoms with van der Waals surface area (Å²) in [6, 6.07) is 16.9. The van der Waals surface area contributed by atoms with Gasteiger partial charge in [0.15, 0.2) is 0 Å². The highest BCUT2D eigenvalue weighted by Crippen LogP contribution is 2.35. The molecule has 2 atom stereocenters. The minimum absolute atomic E-state index is 0.0192. The number of pyridine rings is 1. The van der Waals surface area contributed by atoms with Gasteiger partial charge in [-0.25, -0.2) is 13.4 Å². The van der Waals surface area contributed by atoms with Gasteiger partial charge in [0, 0.05) is 23.6 Å². The monoisotopic (exact) mass is 486 g/mol. The number of hydrogen-bond acceptors (Lipinski definition) is 6. The third kappa shape index (κ3) is 5.03. The summed E-state index contributed by atoms with van der Waals surface area (Å²) in [5, 5.41) is 10.5. The zero-order valence-electron chi connectivity index (χ0n) is 17.9. The SMILES string of the molecule is C[C@H](C(=O)Cc1cnc2c(c1)N(S(=O)(=O)c1cccc(Cl)c1)C[C@@H](O)CO2)c1ccccc1. The first-order valence-electron chi connectivity index (χ1n) is 10.4. The molecule has 3 aromatic rings. The van der Waals surface area contributed by atoms with E-state index in [9.17, 15) is 18.3 Å². The molecule has 0 bridgehead atoms. The number of sulfonamides is 1. The number of benzene rings is 2. The minimum atomic E-state index is -4.07. The first-order valence-corrected chi connectivity index (χ1v) is 12.2. The van der Waals surface area contributed by atoms with Gasteiger partial charge in [0.05, 0.1) is 11.4 Å². The van der Waals surface area contributed by atoms with E-state index in [1.54, 1.807) is 18.2 Å². The predicted octanol–water partition coefficient (Wildman–Crippen LogP) is 3.60. The molecular weight excluding hydrogens is 464 g/mol. The summed E-state index contributed by atoms with van der Waals surface area (Å²) in [4.78, 5) is 17.1. The number of rotatable bonds is 6. The van der Waals surface area contributed by atoms with Crippen LogP contribution in [-0.4, -0.2) is 43.5 Å². The number of ketones is 1. The van der Waals surface area contributed by atoms with Crippen LogP contribution in [0.3, 0.4) is 0 Å². The molecule has 0 radical (unpaired) electrons. The summed E-state index contributed by atoms with van der Waals surface area (Å²) in [5.41, 5.74) is 1.62. The Bertz CT molecular complexity index is 1270. The van der Waals surface area contributed by atoms with Crippen LogP contribution in [-0.2, 0) is 21.2 Å². The number of carbonyl (C=O) groups excluding carboxylic acids is 1. The average Bonchev–Trinajstić information content (AvgIpc) is 2.98. The van der Waals surface area contributed by atoms with Gasteiger partial charge in [0.1, 0.15) is 24.2 Å². The van der Waals surface area contributed by atoms with Gasteiger partial charge in [-0.2, -0.15) is 0 Å². The number of β-amino-alcohol motifs (C(OH)–C–C–N with tert-alkyl or cyclic N) is 1. The van der Waals surface area contributed by atoms with Crippen LogP contribution < -0.4 is 9.04 Å². The summed E-state index contributed by atoms with van der Waals surface area (Å²) >= 11 is 6.01. The molecule has 172 valence electrons. The van der Waals surface area contributed by atoms with Crippen molar-refractivity contribution in [1.29, 1.82) is 0 Å². The van der Waals surface area contributed by atoms with Crippen LogP contribution in [0.25, 0.3) is 0 Å². The average molecular weight is 487 g/mol. The van der Waals surface area contributed by atoms with Crippen molar-refractivity contribution in [3.63, 3.8) is 0 Å². The van der Waals surface area contributed by atoms with Gasteiger partial charge < -0.3 is 9.84 Å². The quantitative estimate of drug-likeness (QED) is 0.571. The molecule has 1 N–H and O–H groups in total. The molecule has 1 aromatic heterocycles. The topological polar surface area (TPSA) is 96.8 Å². The highest BCUT2D eigenvalue weighted by molar-refractivity contribution is 7.92. The van der Waals surface area contributed by atoms with E-state index >= 15 is 0 Å². The maximum atomic E-state index is 13.4. The molecule has 0 unspecified atom stereocenters. The molecule has 7 nitrogen and oxygen atoms in total. The first kappa shape index (κ1) is 23.2. The van der Waals surface area contributed by atoms with E-state index in [1.165, 1.54) is 18.3 Å². The fourth-order valence-corrected chi connectivity index (χ4v) is 5.44. The number of hydrogen-bond donors (Lipinski definition) is 1. The summed E-state index contributed by atoms with van der Waals surface area (Å²) in [6.45, 7) is 1.51. The molecule has 2 aromatic carbocycles. The first-order chi connectivity index (χ1) is 15.8. The molecule has 4 rings (SSSR count). The lowest BCUT2D eigenvalue weighted by atomic mass is 9.93. The Balaban J connectivity index is 1.68. The number of halogens is 1. The van der Waals surface area contributed by atoms with Crippen molar-refractivity contribution in [2.45, 2.75) is 30.3 Å². The number of anilines is 1. The Hall–Kier alpha value is -2.94. The van der Waals surface area contributed by atoms with E-state index in [0.717, 1.165) is 9.87 Å². The molecular formula is C24H23ClN2O5S. The van der Waals surface area contributed by atoms with E-state index < -0.39 is 16.1 Å². The van der Waals surface area contributed by atoms with Gasteiger partial charge in [0.2, 0.25) is 5.88 Å². The minimum Gasteiger partial charge on any atom is -0.473 e. The third-order valence-corrected chi connectivity index (χ3v) is 7.50. The highest BCUT2D eigenvalue weighted by atomic mass is 35.5. The number of ether oxygens (including phenoxy) is 1. The van der Waals surface area contributed by atoms with Gasteiger partial charge in [-0.05, 0) is 35.4 Å². The summed E-state index contributed by atoms with van der Waals surface area (Å²) < 4.78 is 33.5. The van der Waals surface area contributed by atoms with Crippen LogP contribution in [0.5, 0.6) is 5.88 Å². The summed E-state index contributed by atoms with van der Waals surface area (Å²) in [7, 11) is -4.07. The normalized spacial score (nSPS) is 16.9. The fraction of sp³-hybridized carbons (Fsp3) is 0.250. The molecule has 0 amide bonds. The van der Waals surface area contributed by atoms with Gasteiger partial charge in [-0.1, -0.05) is 54.9 Å². The number of aliphatic hydroxyl groups excluding tert-OH is 1. The van der Waals surface area contributed by atoms with Crippen molar-refractivity contribution in [3.05, 3.63) is 83.0 Å². The molecule has 0 saturated heterocycles. The Morgan fingerprint density at radius 1 is 1.21 bits per heavy atom. The molecule has 0 saturated carbocycles. The standard InChI is InChI=1S/C24H23ClN2O5S/c1-16(18-6-3-2-4-7-18)23(29)11-17-10-22-24(26-13-17)32-15-20(28)14-27(22)33(30,31)21-9-5-8-19(25)12-21/h2-10,12-13,16,20,28H,11,14-15H2,1H3/t16-,20+/m0/s1. The van der Waals surface area contributed by atoms with Gasteiger partial charge in [-0.3, -0.25) is 9.10 Å². The van der Waals surface area contributed by atoms with Crippen molar-refractivity contribution in [1.82, 2.24) is 4.98 Å². The van der Waals surface area contributed by atoms with E-state index in [2.05, 4.69) is 4.98 Å². The van der Waals surface area contributed by atoms with Gasteiger partial charge in [-0.15, -0.1) is 0 Å². The maximum Gasteiger partial charge on any atom is 0.264 e. The van der Waals surface area contributed by atoms with Crippen molar-refractivity contribution in [2.75, 3.05) is 17.5 Å². The number of aliphatic hydroxyl groups is 1. The number of nitrogens with zero attached hydrogens (tertiary/aromatic N) is 2. The Kier molecular flexibility index (Phi) is 6.69. The van der Waals surface area contributed by atoms with Crippen molar-refractivity contribution in [3.8, 4) is 5.88 Å². The predicted molar refractivity (Wildman–Crippen MR) is 125 cm³/mol. The van der Waals surface area contributed by atoms with Crippen molar-refractivity contribution >= 4 is 33.1 Å². The molecule has 0 spiro atoms. The smallest absolute Gasteiger partial charge is 0.264 e. The number of fused-ring (bicyclic) bond motifs is 1. The van der Waals surface area contributed by atoms with Crippen LogP contribution in [0, 0.1) is 0 Å². The Labute approximate surface area is 197 Å². The lowest BCUT2D eigenvalue weighted by Crippen LogP contribution is -2.37. The van der Waals surface area contributed by atoms with E-state index in [0.29, 0.717) is 5.56 Å². The van der Waals surface area contributed by atoms with Crippen molar-refractivity contribution in [2.24, 2.45) is 0 Å². The maximum absolute atomic E-state index is 13.4. The summed E-state index contributed by atoms with van der Waals surface area (Å²) in [5.74, 6) is -0.277. The van der Waals surface area contributed by atoms with Crippen LogP contribution >= 0.6 is 11.6 Å². The molecule has 0 fully saturated rings. The second kappa shape index (κ2) is 9.51. The third-order valence-electron chi connectivity index (χ3n) is 5.49. The number of aromatic nitrogens is 1. The van der Waals surface area contributed by atoms with Crippen molar-refractivity contribution < 1.29 is 23.1 Å². The molecule has 0 aliphatic carbocycles. The zero-order chi connectivity index (χ0) is 23.6.